The van der Waals surface area contributed by atoms with Crippen LogP contribution in [0.1, 0.15) is 11.3 Å². The normalized spacial score (nSPS) is 10.1. The summed E-state index contributed by atoms with van der Waals surface area (Å²) in [4.78, 5) is 11.2. The Hall–Kier alpha value is -1.84. The molecule has 0 aromatic carbocycles. The number of nitrogens with one attached hydrogen (secondary N) is 2. The molecule has 0 bridgehead atoms. The summed E-state index contributed by atoms with van der Waals surface area (Å²) in [5.74, 6) is 0.783. The van der Waals surface area contributed by atoms with Crippen LogP contribution in [0.15, 0.2) is 30.7 Å². The molecule has 2 aromatic rings. The van der Waals surface area contributed by atoms with Crippen LogP contribution < -0.4 is 5.32 Å². The Morgan fingerprint density at radius 3 is 2.93 bits per heavy atom. The van der Waals surface area contributed by atoms with Gasteiger partial charge in [0, 0.05) is 30.8 Å². The molecule has 0 aliphatic carbocycles. The minimum atomic E-state index is 0.737. The zero-order chi connectivity index (χ0) is 9.80. The Labute approximate surface area is 82.4 Å². The van der Waals surface area contributed by atoms with Crippen LogP contribution in [0.5, 0.6) is 0 Å². The lowest BCUT2D eigenvalue weighted by atomic mass is 10.2. The Bertz CT molecular complexity index is 377. The van der Waals surface area contributed by atoms with Crippen LogP contribution in [0, 0.1) is 6.92 Å². The minimum Gasteiger partial charge on any atom is -0.352 e. The van der Waals surface area contributed by atoms with E-state index in [0.29, 0.717) is 0 Å². The van der Waals surface area contributed by atoms with Crippen molar-refractivity contribution in [3.05, 3.63) is 42.0 Å². The third-order valence-electron chi connectivity index (χ3n) is 1.93. The Morgan fingerprint density at radius 2 is 2.29 bits per heavy atom. The predicted octanol–water partition coefficient (Wildman–Crippen LogP) is 1.73. The number of hydrogen-bond donors (Lipinski definition) is 2. The summed E-state index contributed by atoms with van der Waals surface area (Å²) in [5, 5.41) is 3.15. The van der Waals surface area contributed by atoms with E-state index in [2.05, 4.69) is 26.3 Å². The maximum atomic E-state index is 4.21. The van der Waals surface area contributed by atoms with Gasteiger partial charge in [-0.05, 0) is 18.6 Å². The fourth-order valence-corrected chi connectivity index (χ4v) is 1.15. The lowest BCUT2D eigenvalue weighted by Gasteiger charge is -2.02. The Kier molecular flexibility index (Phi) is 2.44. The molecule has 0 saturated carbocycles. The van der Waals surface area contributed by atoms with Gasteiger partial charge in [0.05, 0.1) is 0 Å². The van der Waals surface area contributed by atoms with Crippen LogP contribution in [0.4, 0.5) is 5.95 Å². The number of hydrogen-bond acceptors (Lipinski definition) is 3. The Balaban J connectivity index is 1.95. The van der Waals surface area contributed by atoms with E-state index in [1.54, 1.807) is 12.4 Å². The van der Waals surface area contributed by atoms with E-state index in [1.165, 1.54) is 0 Å². The summed E-state index contributed by atoms with van der Waals surface area (Å²) >= 11 is 0. The number of nitrogens with zero attached hydrogens (tertiary/aromatic N) is 2. The first-order chi connectivity index (χ1) is 6.84. The SMILES string of the molecule is Cc1ccc(CNc2ncc[nH]2)cn1. The van der Waals surface area contributed by atoms with Crippen molar-refractivity contribution in [3.63, 3.8) is 0 Å². The van der Waals surface area contributed by atoms with E-state index in [4.69, 9.17) is 0 Å². The minimum absolute atomic E-state index is 0.737. The van der Waals surface area contributed by atoms with E-state index < -0.39 is 0 Å². The molecule has 0 radical (unpaired) electrons. The van der Waals surface area contributed by atoms with E-state index in [1.807, 2.05) is 19.2 Å². The second kappa shape index (κ2) is 3.91. The molecule has 0 atom stereocenters. The van der Waals surface area contributed by atoms with Gasteiger partial charge in [0.2, 0.25) is 0 Å². The molecule has 0 aliphatic rings. The summed E-state index contributed by atoms with van der Waals surface area (Å²) in [6.07, 6.45) is 5.37. The molecule has 72 valence electrons. The van der Waals surface area contributed by atoms with Crippen molar-refractivity contribution in [1.29, 1.82) is 0 Å². The number of imidazole rings is 1. The maximum Gasteiger partial charge on any atom is 0.200 e. The number of aromatic nitrogens is 3. The number of H-pyrrole nitrogens is 1. The third kappa shape index (κ3) is 2.10. The summed E-state index contributed by atoms with van der Waals surface area (Å²) in [5.41, 5.74) is 2.18. The molecular weight excluding hydrogens is 176 g/mol. The van der Waals surface area contributed by atoms with Crippen LogP contribution >= 0.6 is 0 Å². The summed E-state index contributed by atoms with van der Waals surface area (Å²) < 4.78 is 0. The highest BCUT2D eigenvalue weighted by atomic mass is 15.1. The van der Waals surface area contributed by atoms with Gasteiger partial charge >= 0.3 is 0 Å². The molecule has 2 heterocycles. The van der Waals surface area contributed by atoms with Gasteiger partial charge in [-0.3, -0.25) is 4.98 Å². The van der Waals surface area contributed by atoms with Crippen LogP contribution in [0.3, 0.4) is 0 Å². The molecule has 0 fully saturated rings. The van der Waals surface area contributed by atoms with Crippen molar-refractivity contribution in [2.45, 2.75) is 13.5 Å². The Morgan fingerprint density at radius 1 is 1.36 bits per heavy atom. The van der Waals surface area contributed by atoms with E-state index in [0.717, 1.165) is 23.8 Å². The van der Waals surface area contributed by atoms with E-state index in [9.17, 15) is 0 Å². The zero-order valence-corrected chi connectivity index (χ0v) is 7.99. The average molecular weight is 188 g/mol. The zero-order valence-electron chi connectivity index (χ0n) is 7.99. The molecular formula is C10H12N4. The highest BCUT2D eigenvalue weighted by Crippen LogP contribution is 2.02. The first kappa shape index (κ1) is 8.74. The van der Waals surface area contributed by atoms with Crippen LogP contribution in [0.2, 0.25) is 0 Å². The molecule has 0 amide bonds. The van der Waals surface area contributed by atoms with Crippen molar-refractivity contribution in [3.8, 4) is 0 Å². The average Bonchev–Trinajstić information content (AvgIpc) is 2.70. The first-order valence-electron chi connectivity index (χ1n) is 4.49. The highest BCUT2D eigenvalue weighted by Gasteiger charge is 1.94. The van der Waals surface area contributed by atoms with E-state index in [-0.39, 0.29) is 0 Å². The fourth-order valence-electron chi connectivity index (χ4n) is 1.15. The largest absolute Gasteiger partial charge is 0.352 e. The van der Waals surface area contributed by atoms with Crippen molar-refractivity contribution in [2.24, 2.45) is 0 Å². The molecule has 0 unspecified atom stereocenters. The molecule has 14 heavy (non-hydrogen) atoms. The molecule has 4 nitrogen and oxygen atoms in total. The summed E-state index contributed by atoms with van der Waals surface area (Å²) in [7, 11) is 0. The standard InChI is InChI=1S/C10H12N4/c1-8-2-3-9(6-13-8)7-14-10-11-4-5-12-10/h2-6H,7H2,1H3,(H2,11,12,14). The third-order valence-corrected chi connectivity index (χ3v) is 1.93. The maximum absolute atomic E-state index is 4.21. The lowest BCUT2D eigenvalue weighted by Crippen LogP contribution is -2.01. The van der Waals surface area contributed by atoms with Crippen LogP contribution in [0.25, 0.3) is 0 Å². The number of aromatic amines is 1. The second-order valence-electron chi connectivity index (χ2n) is 3.10. The first-order valence-corrected chi connectivity index (χ1v) is 4.49. The van der Waals surface area contributed by atoms with Gasteiger partial charge in [0.1, 0.15) is 0 Å². The van der Waals surface area contributed by atoms with Crippen LogP contribution in [-0.4, -0.2) is 15.0 Å². The topological polar surface area (TPSA) is 53.6 Å². The number of rotatable bonds is 3. The van der Waals surface area contributed by atoms with Crippen molar-refractivity contribution >= 4 is 5.95 Å². The van der Waals surface area contributed by atoms with E-state index >= 15 is 0 Å². The smallest absolute Gasteiger partial charge is 0.200 e. The molecule has 4 heteroatoms. The van der Waals surface area contributed by atoms with Gasteiger partial charge in [-0.1, -0.05) is 6.07 Å². The van der Waals surface area contributed by atoms with Gasteiger partial charge in [-0.2, -0.15) is 0 Å². The highest BCUT2D eigenvalue weighted by molar-refractivity contribution is 5.26. The molecule has 2 aromatic heterocycles. The van der Waals surface area contributed by atoms with Crippen molar-refractivity contribution < 1.29 is 0 Å². The lowest BCUT2D eigenvalue weighted by molar-refractivity contribution is 1.06. The van der Waals surface area contributed by atoms with Crippen molar-refractivity contribution in [1.82, 2.24) is 15.0 Å². The quantitative estimate of drug-likeness (QED) is 0.771. The molecule has 0 aliphatic heterocycles. The summed E-state index contributed by atoms with van der Waals surface area (Å²) in [6.45, 7) is 2.71. The predicted molar refractivity (Wildman–Crippen MR) is 54.9 cm³/mol. The van der Waals surface area contributed by atoms with Crippen LogP contribution in [-0.2, 0) is 6.54 Å². The van der Waals surface area contributed by atoms with Gasteiger partial charge in [-0.15, -0.1) is 0 Å². The van der Waals surface area contributed by atoms with Gasteiger partial charge < -0.3 is 10.3 Å². The van der Waals surface area contributed by atoms with Gasteiger partial charge in [0.25, 0.3) is 0 Å². The molecule has 0 saturated heterocycles. The number of aryl methyl sites for hydroxylation is 1. The van der Waals surface area contributed by atoms with Gasteiger partial charge in [0.15, 0.2) is 5.95 Å². The molecule has 2 N–H and O–H groups in total. The second-order valence-corrected chi connectivity index (χ2v) is 3.10. The number of pyridine rings is 1. The summed E-state index contributed by atoms with van der Waals surface area (Å²) in [6, 6.07) is 4.05. The fraction of sp³-hybridized carbons (Fsp3) is 0.200. The van der Waals surface area contributed by atoms with Gasteiger partial charge in [-0.25, -0.2) is 4.98 Å². The number of anilines is 1. The monoisotopic (exact) mass is 188 g/mol. The molecule has 0 spiro atoms. The van der Waals surface area contributed by atoms with Crippen molar-refractivity contribution in [2.75, 3.05) is 5.32 Å². The molecule has 2 rings (SSSR count).